The van der Waals surface area contributed by atoms with Crippen molar-refractivity contribution in [2.45, 2.75) is 25.8 Å². The van der Waals surface area contributed by atoms with Gasteiger partial charge in [-0.2, -0.15) is 0 Å². The molecule has 162 valence electrons. The van der Waals surface area contributed by atoms with Gasteiger partial charge in [-0.15, -0.1) is 0 Å². The van der Waals surface area contributed by atoms with E-state index in [2.05, 4.69) is 41.2 Å². The number of rotatable bonds is 8. The number of amides is 1. The van der Waals surface area contributed by atoms with Gasteiger partial charge in [0.05, 0.1) is 5.56 Å². The first-order valence-corrected chi connectivity index (χ1v) is 10.8. The lowest BCUT2D eigenvalue weighted by molar-refractivity contribution is 0.0608. The highest BCUT2D eigenvalue weighted by Crippen LogP contribution is 2.32. The lowest BCUT2D eigenvalue weighted by atomic mass is 9.96. The second-order valence-corrected chi connectivity index (χ2v) is 8.20. The molecule has 0 atom stereocenters. The summed E-state index contributed by atoms with van der Waals surface area (Å²) in [5.41, 5.74) is 6.91. The largest absolute Gasteiger partial charge is 0.438 e. The van der Waals surface area contributed by atoms with Crippen LogP contribution in [0.2, 0.25) is 0 Å². The molecule has 2 aromatic carbocycles. The van der Waals surface area contributed by atoms with Gasteiger partial charge in [0, 0.05) is 37.4 Å². The molecule has 3 aromatic rings. The molecule has 2 heterocycles. The van der Waals surface area contributed by atoms with Crippen molar-refractivity contribution in [3.8, 4) is 11.6 Å². The minimum Gasteiger partial charge on any atom is -0.438 e. The second kappa shape index (κ2) is 9.90. The maximum Gasteiger partial charge on any atom is 0.250 e. The summed E-state index contributed by atoms with van der Waals surface area (Å²) in [4.78, 5) is 17.8. The number of nitrogens with zero attached hydrogens (tertiary/aromatic N) is 2. The van der Waals surface area contributed by atoms with Gasteiger partial charge in [-0.1, -0.05) is 30.3 Å². The average molecular weight is 420 g/mol. The molecular weight excluding hydrogens is 390 g/mol. The molecule has 1 aliphatic rings. The van der Waals surface area contributed by atoms with Crippen molar-refractivity contribution < 1.29 is 14.3 Å². The van der Waals surface area contributed by atoms with Crippen LogP contribution in [0.4, 0.5) is 0 Å². The van der Waals surface area contributed by atoms with Gasteiger partial charge in [0.2, 0.25) is 11.8 Å². The Bertz CT molecular complexity index is 1030. The lowest BCUT2D eigenvalue weighted by Crippen LogP contribution is -2.24. The SMILES string of the molecule is CN(CCC1CCOCC1)Cc1ccc(Oc2ccc(C(N)=O)cn2)c2ccccc12. The molecule has 0 saturated carbocycles. The van der Waals surface area contributed by atoms with Gasteiger partial charge in [-0.05, 0) is 61.9 Å². The Balaban J connectivity index is 1.47. The van der Waals surface area contributed by atoms with E-state index in [-0.39, 0.29) is 0 Å². The zero-order valence-corrected chi connectivity index (χ0v) is 17.9. The minimum absolute atomic E-state index is 0.358. The highest BCUT2D eigenvalue weighted by Gasteiger charge is 2.15. The van der Waals surface area contributed by atoms with E-state index in [4.69, 9.17) is 15.2 Å². The van der Waals surface area contributed by atoms with Crippen molar-refractivity contribution in [3.05, 3.63) is 65.9 Å². The van der Waals surface area contributed by atoms with Crippen LogP contribution in [0.5, 0.6) is 11.6 Å². The molecule has 0 radical (unpaired) electrons. The highest BCUT2D eigenvalue weighted by molar-refractivity contribution is 5.92. The van der Waals surface area contributed by atoms with Gasteiger partial charge in [0.15, 0.2) is 0 Å². The van der Waals surface area contributed by atoms with E-state index in [1.54, 1.807) is 12.1 Å². The maximum absolute atomic E-state index is 11.2. The number of pyridine rings is 1. The van der Waals surface area contributed by atoms with E-state index in [1.807, 2.05) is 12.1 Å². The summed E-state index contributed by atoms with van der Waals surface area (Å²) in [6.07, 6.45) is 5.00. The second-order valence-electron chi connectivity index (χ2n) is 8.20. The van der Waals surface area contributed by atoms with Crippen LogP contribution in [-0.2, 0) is 11.3 Å². The standard InChI is InChI=1S/C25H29N3O3/c1-28(13-10-18-11-14-30-15-12-18)17-20-6-8-23(22-5-3-2-4-21(20)22)31-24-9-7-19(16-27-24)25(26)29/h2-9,16,18H,10-15,17H2,1H3,(H2,26,29). The van der Waals surface area contributed by atoms with Crippen LogP contribution in [0.15, 0.2) is 54.7 Å². The van der Waals surface area contributed by atoms with Gasteiger partial charge < -0.3 is 20.1 Å². The molecule has 6 heteroatoms. The first-order valence-electron chi connectivity index (χ1n) is 10.8. The number of aromatic nitrogens is 1. The Labute approximate surface area is 183 Å². The predicted molar refractivity (Wildman–Crippen MR) is 121 cm³/mol. The molecule has 1 saturated heterocycles. The lowest BCUT2D eigenvalue weighted by Gasteiger charge is -2.25. The monoisotopic (exact) mass is 419 g/mol. The molecule has 0 bridgehead atoms. The Morgan fingerprint density at radius 3 is 2.61 bits per heavy atom. The summed E-state index contributed by atoms with van der Waals surface area (Å²) < 4.78 is 11.5. The molecule has 1 fully saturated rings. The number of fused-ring (bicyclic) bond motifs is 1. The number of primary amides is 1. The third kappa shape index (κ3) is 5.40. The van der Waals surface area contributed by atoms with Crippen molar-refractivity contribution in [2.75, 3.05) is 26.8 Å². The number of carbonyl (C=O) groups excluding carboxylic acids is 1. The van der Waals surface area contributed by atoms with Gasteiger partial charge in [0.1, 0.15) is 5.75 Å². The van der Waals surface area contributed by atoms with Crippen molar-refractivity contribution >= 4 is 16.7 Å². The number of benzene rings is 2. The Morgan fingerprint density at radius 1 is 1.13 bits per heavy atom. The van der Waals surface area contributed by atoms with E-state index >= 15 is 0 Å². The average Bonchev–Trinajstić information content (AvgIpc) is 2.80. The third-order valence-corrected chi connectivity index (χ3v) is 5.91. The van der Waals surface area contributed by atoms with Gasteiger partial charge in [0.25, 0.3) is 0 Å². The zero-order valence-electron chi connectivity index (χ0n) is 17.9. The van der Waals surface area contributed by atoms with Crippen LogP contribution in [0.3, 0.4) is 0 Å². The molecule has 2 N–H and O–H groups in total. The highest BCUT2D eigenvalue weighted by atomic mass is 16.5. The van der Waals surface area contributed by atoms with Crippen LogP contribution in [0, 0.1) is 5.92 Å². The van der Waals surface area contributed by atoms with E-state index in [1.165, 1.54) is 36.4 Å². The first kappa shape index (κ1) is 21.3. The fourth-order valence-electron chi connectivity index (χ4n) is 4.07. The molecule has 0 unspecified atom stereocenters. The summed E-state index contributed by atoms with van der Waals surface area (Å²) >= 11 is 0. The molecule has 6 nitrogen and oxygen atoms in total. The smallest absolute Gasteiger partial charge is 0.250 e. The number of ether oxygens (including phenoxy) is 2. The molecule has 0 spiro atoms. The van der Waals surface area contributed by atoms with E-state index < -0.39 is 5.91 Å². The maximum atomic E-state index is 11.2. The molecule has 31 heavy (non-hydrogen) atoms. The molecule has 0 aliphatic carbocycles. The fourth-order valence-corrected chi connectivity index (χ4v) is 4.07. The molecule has 1 aromatic heterocycles. The molecule has 4 rings (SSSR count). The van der Waals surface area contributed by atoms with E-state index in [0.717, 1.165) is 43.4 Å². The van der Waals surface area contributed by atoms with Crippen LogP contribution < -0.4 is 10.5 Å². The summed E-state index contributed by atoms with van der Waals surface area (Å²) in [7, 11) is 2.18. The molecule has 1 amide bonds. The van der Waals surface area contributed by atoms with E-state index in [9.17, 15) is 4.79 Å². The number of nitrogens with two attached hydrogens (primary N) is 1. The molecule has 1 aliphatic heterocycles. The number of carbonyl (C=O) groups is 1. The quantitative estimate of drug-likeness (QED) is 0.586. The summed E-state index contributed by atoms with van der Waals surface area (Å²) in [5, 5.41) is 2.21. The van der Waals surface area contributed by atoms with Crippen molar-refractivity contribution in [2.24, 2.45) is 11.7 Å². The van der Waals surface area contributed by atoms with Gasteiger partial charge in [-0.3, -0.25) is 4.79 Å². The van der Waals surface area contributed by atoms with E-state index in [0.29, 0.717) is 11.4 Å². The number of hydrogen-bond acceptors (Lipinski definition) is 5. The predicted octanol–water partition coefficient (Wildman–Crippen LogP) is 4.37. The summed E-state index contributed by atoms with van der Waals surface area (Å²) in [6, 6.07) is 15.7. The Kier molecular flexibility index (Phi) is 6.79. The number of hydrogen-bond donors (Lipinski definition) is 1. The third-order valence-electron chi connectivity index (χ3n) is 5.91. The Hall–Kier alpha value is -2.96. The fraction of sp³-hybridized carbons (Fsp3) is 0.360. The van der Waals surface area contributed by atoms with Crippen molar-refractivity contribution in [1.82, 2.24) is 9.88 Å². The first-order chi connectivity index (χ1) is 15.1. The zero-order chi connectivity index (χ0) is 21.6. The van der Waals surface area contributed by atoms with Crippen LogP contribution >= 0.6 is 0 Å². The molecular formula is C25H29N3O3. The summed E-state index contributed by atoms with van der Waals surface area (Å²) in [6.45, 7) is 3.77. The van der Waals surface area contributed by atoms with Crippen LogP contribution in [-0.4, -0.2) is 42.6 Å². The van der Waals surface area contributed by atoms with Crippen molar-refractivity contribution in [3.63, 3.8) is 0 Å². The van der Waals surface area contributed by atoms with Crippen molar-refractivity contribution in [1.29, 1.82) is 0 Å². The topological polar surface area (TPSA) is 77.7 Å². The Morgan fingerprint density at radius 2 is 1.90 bits per heavy atom. The normalized spacial score (nSPS) is 14.8. The van der Waals surface area contributed by atoms with Crippen LogP contribution in [0.1, 0.15) is 35.2 Å². The minimum atomic E-state index is -0.505. The summed E-state index contributed by atoms with van der Waals surface area (Å²) in [5.74, 6) is 1.44. The van der Waals surface area contributed by atoms with Gasteiger partial charge in [-0.25, -0.2) is 4.98 Å². The van der Waals surface area contributed by atoms with Crippen LogP contribution in [0.25, 0.3) is 10.8 Å². The van der Waals surface area contributed by atoms with Gasteiger partial charge >= 0.3 is 0 Å².